The van der Waals surface area contributed by atoms with Crippen LogP contribution < -0.4 is 0 Å². The molecule has 0 aromatic carbocycles. The molecule has 0 radical (unpaired) electrons. The van der Waals surface area contributed by atoms with E-state index < -0.39 is 0 Å². The van der Waals surface area contributed by atoms with Crippen LogP contribution in [0.5, 0.6) is 0 Å². The number of hydrogen-bond acceptors (Lipinski definition) is 5. The minimum atomic E-state index is 0.193. The fourth-order valence-corrected chi connectivity index (χ4v) is 4.40. The van der Waals surface area contributed by atoms with Gasteiger partial charge in [-0.25, -0.2) is 0 Å². The van der Waals surface area contributed by atoms with Crippen molar-refractivity contribution in [2.45, 2.75) is 57.4 Å². The van der Waals surface area contributed by atoms with Gasteiger partial charge in [0.15, 0.2) is 0 Å². The number of aryl methyl sites for hydroxylation is 1. The molecule has 0 bridgehead atoms. The fraction of sp³-hybridized carbons (Fsp3) is 0.750. The van der Waals surface area contributed by atoms with Crippen LogP contribution in [-0.2, 0) is 20.8 Å². The number of nitrogens with zero attached hydrogens (tertiary/aromatic N) is 2. The van der Waals surface area contributed by atoms with Crippen molar-refractivity contribution in [3.05, 3.63) is 29.6 Å². The Balaban J connectivity index is 1.38. The standard InChI is InChI=1S/C20H30N2O3/c1-15-4-2-5-17(21-15)12-22-13-19(20-18(22)6-3-9-24-20)25-14-16-7-10-23-11-8-16/h2,4-5,16,18-20H,3,6-14H2,1H3/t18-,19+,20+/m1/s1. The van der Waals surface area contributed by atoms with E-state index in [1.54, 1.807) is 0 Å². The van der Waals surface area contributed by atoms with Crippen LogP contribution in [-0.4, -0.2) is 61.1 Å². The van der Waals surface area contributed by atoms with Crippen molar-refractivity contribution < 1.29 is 14.2 Å². The lowest BCUT2D eigenvalue weighted by atomic mass is 10.0. The Morgan fingerprint density at radius 3 is 2.92 bits per heavy atom. The molecule has 3 aliphatic heterocycles. The van der Waals surface area contributed by atoms with Crippen LogP contribution in [0.25, 0.3) is 0 Å². The van der Waals surface area contributed by atoms with Crippen molar-refractivity contribution in [1.29, 1.82) is 0 Å². The predicted octanol–water partition coefficient (Wildman–Crippen LogP) is 2.57. The van der Waals surface area contributed by atoms with Gasteiger partial charge < -0.3 is 14.2 Å². The molecule has 4 heterocycles. The van der Waals surface area contributed by atoms with E-state index in [-0.39, 0.29) is 12.2 Å². The molecule has 5 heteroatoms. The Morgan fingerprint density at radius 1 is 1.20 bits per heavy atom. The van der Waals surface area contributed by atoms with E-state index in [4.69, 9.17) is 14.2 Å². The highest BCUT2D eigenvalue weighted by molar-refractivity contribution is 5.11. The van der Waals surface area contributed by atoms with E-state index in [9.17, 15) is 0 Å². The molecule has 0 amide bonds. The third kappa shape index (κ3) is 4.22. The van der Waals surface area contributed by atoms with Crippen molar-refractivity contribution in [3.8, 4) is 0 Å². The molecular weight excluding hydrogens is 316 g/mol. The molecule has 4 rings (SSSR count). The maximum atomic E-state index is 6.36. The number of ether oxygens (including phenoxy) is 3. The molecular formula is C20H30N2O3. The molecule has 0 spiro atoms. The molecule has 1 aromatic heterocycles. The quantitative estimate of drug-likeness (QED) is 0.820. The lowest BCUT2D eigenvalue weighted by Crippen LogP contribution is -2.42. The van der Waals surface area contributed by atoms with Gasteiger partial charge in [-0.05, 0) is 50.7 Å². The zero-order valence-electron chi connectivity index (χ0n) is 15.2. The Bertz CT molecular complexity index is 562. The van der Waals surface area contributed by atoms with Gasteiger partial charge in [0.25, 0.3) is 0 Å². The number of fused-ring (bicyclic) bond motifs is 1. The second kappa shape index (κ2) is 8.12. The third-order valence-electron chi connectivity index (χ3n) is 5.78. The molecule has 0 unspecified atom stereocenters. The van der Waals surface area contributed by atoms with Crippen molar-refractivity contribution in [2.24, 2.45) is 5.92 Å². The molecule has 3 saturated heterocycles. The van der Waals surface area contributed by atoms with Gasteiger partial charge in [-0.1, -0.05) is 6.07 Å². The summed E-state index contributed by atoms with van der Waals surface area (Å²) in [6.45, 7) is 7.38. The van der Waals surface area contributed by atoms with Crippen molar-refractivity contribution in [3.63, 3.8) is 0 Å². The van der Waals surface area contributed by atoms with E-state index in [1.807, 2.05) is 0 Å². The molecule has 3 fully saturated rings. The summed E-state index contributed by atoms with van der Waals surface area (Å²) in [6, 6.07) is 6.75. The van der Waals surface area contributed by atoms with Gasteiger partial charge in [0.05, 0.1) is 18.4 Å². The summed E-state index contributed by atoms with van der Waals surface area (Å²) in [5.41, 5.74) is 2.23. The van der Waals surface area contributed by atoms with E-state index in [0.29, 0.717) is 12.0 Å². The van der Waals surface area contributed by atoms with Crippen molar-refractivity contribution in [1.82, 2.24) is 9.88 Å². The molecule has 25 heavy (non-hydrogen) atoms. The minimum Gasteiger partial charge on any atom is -0.381 e. The summed E-state index contributed by atoms with van der Waals surface area (Å²) in [4.78, 5) is 7.21. The lowest BCUT2D eigenvalue weighted by molar-refractivity contribution is -0.0892. The number of aromatic nitrogens is 1. The van der Waals surface area contributed by atoms with E-state index in [1.165, 1.54) is 6.42 Å². The monoisotopic (exact) mass is 346 g/mol. The SMILES string of the molecule is Cc1cccc(CN2C[C@H](OCC3CCOCC3)[C@H]3OCCC[C@H]32)n1. The molecule has 138 valence electrons. The van der Waals surface area contributed by atoms with Gasteiger partial charge in [0.2, 0.25) is 0 Å². The van der Waals surface area contributed by atoms with Gasteiger partial charge in [0.1, 0.15) is 6.10 Å². The maximum absolute atomic E-state index is 6.36. The summed E-state index contributed by atoms with van der Waals surface area (Å²) in [5.74, 6) is 0.642. The second-order valence-corrected chi connectivity index (χ2v) is 7.67. The zero-order valence-corrected chi connectivity index (χ0v) is 15.2. The molecule has 3 atom stereocenters. The Kier molecular flexibility index (Phi) is 5.66. The van der Waals surface area contributed by atoms with Gasteiger partial charge in [0, 0.05) is 44.6 Å². The Hall–Kier alpha value is -1.01. The molecule has 1 aromatic rings. The van der Waals surface area contributed by atoms with Crippen LogP contribution in [0, 0.1) is 12.8 Å². The zero-order chi connectivity index (χ0) is 17.1. The summed E-state index contributed by atoms with van der Waals surface area (Å²) in [7, 11) is 0. The van der Waals surface area contributed by atoms with Crippen LogP contribution in [0.1, 0.15) is 37.1 Å². The summed E-state index contributed by atoms with van der Waals surface area (Å²) < 4.78 is 18.0. The topological polar surface area (TPSA) is 43.8 Å². The van der Waals surface area contributed by atoms with Crippen LogP contribution >= 0.6 is 0 Å². The average molecular weight is 346 g/mol. The van der Waals surface area contributed by atoms with Gasteiger partial charge >= 0.3 is 0 Å². The van der Waals surface area contributed by atoms with Gasteiger partial charge in [-0.3, -0.25) is 9.88 Å². The molecule has 5 nitrogen and oxygen atoms in total. The molecule has 3 aliphatic rings. The van der Waals surface area contributed by atoms with E-state index in [2.05, 4.69) is 35.0 Å². The normalized spacial score (nSPS) is 31.2. The summed E-state index contributed by atoms with van der Waals surface area (Å²) in [6.07, 6.45) is 5.01. The van der Waals surface area contributed by atoms with Crippen LogP contribution in [0.4, 0.5) is 0 Å². The Morgan fingerprint density at radius 2 is 2.08 bits per heavy atom. The third-order valence-corrected chi connectivity index (χ3v) is 5.78. The highest BCUT2D eigenvalue weighted by atomic mass is 16.5. The number of rotatable bonds is 5. The first-order valence-corrected chi connectivity index (χ1v) is 9.77. The molecule has 0 N–H and O–H groups in total. The number of pyridine rings is 1. The first kappa shape index (κ1) is 17.4. The second-order valence-electron chi connectivity index (χ2n) is 7.67. The Labute approximate surface area is 150 Å². The minimum absolute atomic E-state index is 0.193. The molecule has 0 saturated carbocycles. The summed E-state index contributed by atoms with van der Waals surface area (Å²) >= 11 is 0. The fourth-order valence-electron chi connectivity index (χ4n) is 4.40. The number of hydrogen-bond donors (Lipinski definition) is 0. The smallest absolute Gasteiger partial charge is 0.100 e. The predicted molar refractivity (Wildman–Crippen MR) is 95.4 cm³/mol. The van der Waals surface area contributed by atoms with Gasteiger partial charge in [-0.2, -0.15) is 0 Å². The number of likely N-dealkylation sites (tertiary alicyclic amines) is 1. The maximum Gasteiger partial charge on any atom is 0.100 e. The highest BCUT2D eigenvalue weighted by Gasteiger charge is 2.44. The van der Waals surface area contributed by atoms with E-state index >= 15 is 0 Å². The van der Waals surface area contributed by atoms with Crippen LogP contribution in [0.15, 0.2) is 18.2 Å². The summed E-state index contributed by atoms with van der Waals surface area (Å²) in [5, 5.41) is 0. The van der Waals surface area contributed by atoms with Crippen LogP contribution in [0.3, 0.4) is 0 Å². The first-order valence-electron chi connectivity index (χ1n) is 9.77. The van der Waals surface area contributed by atoms with Gasteiger partial charge in [-0.15, -0.1) is 0 Å². The van der Waals surface area contributed by atoms with E-state index in [0.717, 1.165) is 70.2 Å². The van der Waals surface area contributed by atoms with Crippen molar-refractivity contribution in [2.75, 3.05) is 33.0 Å². The molecule has 0 aliphatic carbocycles. The van der Waals surface area contributed by atoms with Crippen molar-refractivity contribution >= 4 is 0 Å². The average Bonchev–Trinajstić information content (AvgIpc) is 2.99. The highest BCUT2D eigenvalue weighted by Crippen LogP contribution is 2.32. The first-order chi connectivity index (χ1) is 12.3. The van der Waals surface area contributed by atoms with Crippen LogP contribution in [0.2, 0.25) is 0 Å². The lowest BCUT2D eigenvalue weighted by Gasteiger charge is -2.32. The largest absolute Gasteiger partial charge is 0.381 e.